The lowest BCUT2D eigenvalue weighted by molar-refractivity contribution is -0.137. The Balaban J connectivity index is 1.54. The van der Waals surface area contributed by atoms with E-state index < -0.39 is 28.7 Å². The van der Waals surface area contributed by atoms with E-state index in [1.807, 2.05) is 4.57 Å². The van der Waals surface area contributed by atoms with Crippen LogP contribution in [-0.4, -0.2) is 36.6 Å². The average Bonchev–Trinajstić information content (AvgIpc) is 3.16. The third kappa shape index (κ3) is 3.44. The lowest BCUT2D eigenvalue weighted by atomic mass is 9.90. The van der Waals surface area contributed by atoms with Gasteiger partial charge in [0.05, 0.1) is 33.3 Å². The number of halogens is 5. The molecule has 2 aromatic heterocycles. The maximum Gasteiger partial charge on any atom is 0.417 e. The Hall–Kier alpha value is -2.65. The summed E-state index contributed by atoms with van der Waals surface area (Å²) in [5.74, 6) is 0.623. The second-order valence-electron chi connectivity index (χ2n) is 7.83. The van der Waals surface area contributed by atoms with Crippen molar-refractivity contribution in [3.05, 3.63) is 63.5 Å². The molecule has 0 unspecified atom stereocenters. The van der Waals surface area contributed by atoms with E-state index in [2.05, 4.69) is 15.2 Å². The molecule has 0 N–H and O–H groups in total. The van der Waals surface area contributed by atoms with Gasteiger partial charge in [-0.25, -0.2) is 0 Å². The minimum absolute atomic E-state index is 0.161. The van der Waals surface area contributed by atoms with Crippen molar-refractivity contribution in [3.8, 4) is 11.5 Å². The number of piperidine rings is 1. The molecule has 4 heterocycles. The van der Waals surface area contributed by atoms with Crippen LogP contribution in [0, 0.1) is 0 Å². The van der Waals surface area contributed by atoms with Crippen molar-refractivity contribution < 1.29 is 18.0 Å². The number of fused-ring (bicyclic) bond motifs is 4. The summed E-state index contributed by atoms with van der Waals surface area (Å²) in [5, 5.41) is 8.51. The summed E-state index contributed by atoms with van der Waals surface area (Å²) < 4.78 is 41.9. The van der Waals surface area contributed by atoms with E-state index in [9.17, 15) is 18.0 Å². The van der Waals surface area contributed by atoms with Crippen LogP contribution in [0.1, 0.15) is 47.1 Å². The lowest BCUT2D eigenvalue weighted by Crippen LogP contribution is -2.52. The first-order valence-corrected chi connectivity index (χ1v) is 10.7. The molecule has 0 aliphatic carbocycles. The van der Waals surface area contributed by atoms with Gasteiger partial charge in [0.2, 0.25) is 0 Å². The van der Waals surface area contributed by atoms with Gasteiger partial charge in [0, 0.05) is 12.7 Å². The van der Waals surface area contributed by atoms with E-state index in [-0.39, 0.29) is 11.6 Å². The van der Waals surface area contributed by atoms with Gasteiger partial charge in [-0.05, 0) is 43.5 Å². The number of carbonyl (C=O) groups excluding carboxylic acids is 1. The Morgan fingerprint density at radius 1 is 1.09 bits per heavy atom. The van der Waals surface area contributed by atoms with Crippen molar-refractivity contribution in [2.45, 2.75) is 44.1 Å². The van der Waals surface area contributed by atoms with Gasteiger partial charge in [0.25, 0.3) is 5.91 Å². The van der Waals surface area contributed by atoms with Crippen LogP contribution in [0.5, 0.6) is 0 Å². The third-order valence-electron chi connectivity index (χ3n) is 5.94. The van der Waals surface area contributed by atoms with Crippen molar-refractivity contribution in [1.82, 2.24) is 24.6 Å². The first kappa shape index (κ1) is 21.2. The SMILES string of the molecule is O=C(c1cccc(C(F)(F)F)c1Cl)N1[C@H]2CCC[C@H]1c1nnc(-c3ccc(Cl)cn3)n1C2. The minimum Gasteiger partial charge on any atom is -0.324 e. The maximum absolute atomic E-state index is 13.4. The summed E-state index contributed by atoms with van der Waals surface area (Å²) in [5.41, 5.74) is -0.579. The maximum atomic E-state index is 13.4. The zero-order valence-electron chi connectivity index (χ0n) is 16.5. The fourth-order valence-corrected chi connectivity index (χ4v) is 4.95. The molecular weight excluding hydrogens is 466 g/mol. The molecule has 0 saturated carbocycles. The Bertz CT molecular complexity index is 1200. The number of pyridine rings is 1. The zero-order chi connectivity index (χ0) is 22.6. The zero-order valence-corrected chi connectivity index (χ0v) is 18.0. The van der Waals surface area contributed by atoms with Crippen molar-refractivity contribution in [2.75, 3.05) is 0 Å². The molecule has 5 rings (SSSR count). The molecular formula is C21H16Cl2F3N5O. The normalized spacial score (nSPS) is 20.2. The summed E-state index contributed by atoms with van der Waals surface area (Å²) in [6.07, 6.45) is -0.912. The molecule has 0 radical (unpaired) electrons. The quantitative estimate of drug-likeness (QED) is 0.490. The predicted octanol–water partition coefficient (Wildman–Crippen LogP) is 5.42. The minimum atomic E-state index is -4.65. The highest BCUT2D eigenvalue weighted by molar-refractivity contribution is 6.34. The fourth-order valence-electron chi connectivity index (χ4n) is 4.52. The summed E-state index contributed by atoms with van der Waals surface area (Å²) in [7, 11) is 0. The Labute approximate surface area is 191 Å². The van der Waals surface area contributed by atoms with E-state index in [1.54, 1.807) is 17.0 Å². The summed E-state index contributed by atoms with van der Waals surface area (Å²) in [6, 6.07) is 6.23. The number of carbonyl (C=O) groups is 1. The Morgan fingerprint density at radius 3 is 2.62 bits per heavy atom. The second-order valence-corrected chi connectivity index (χ2v) is 8.65. The van der Waals surface area contributed by atoms with Crippen LogP contribution >= 0.6 is 23.2 Å². The van der Waals surface area contributed by atoms with Crippen LogP contribution in [-0.2, 0) is 12.7 Å². The van der Waals surface area contributed by atoms with Crippen LogP contribution < -0.4 is 0 Å². The summed E-state index contributed by atoms with van der Waals surface area (Å²) >= 11 is 12.0. The lowest BCUT2D eigenvalue weighted by Gasteiger charge is -2.45. The van der Waals surface area contributed by atoms with Gasteiger partial charge in [0.15, 0.2) is 11.6 Å². The first-order valence-electron chi connectivity index (χ1n) is 9.99. The van der Waals surface area contributed by atoms with E-state index in [4.69, 9.17) is 23.2 Å². The average molecular weight is 482 g/mol. The van der Waals surface area contributed by atoms with Gasteiger partial charge in [-0.1, -0.05) is 29.3 Å². The van der Waals surface area contributed by atoms with Crippen molar-refractivity contribution in [2.24, 2.45) is 0 Å². The first-order chi connectivity index (χ1) is 15.3. The van der Waals surface area contributed by atoms with Crippen LogP contribution in [0.15, 0.2) is 36.5 Å². The van der Waals surface area contributed by atoms with Crippen LogP contribution in [0.25, 0.3) is 11.5 Å². The van der Waals surface area contributed by atoms with Crippen LogP contribution in [0.4, 0.5) is 13.2 Å². The van der Waals surface area contributed by atoms with Crippen LogP contribution in [0.2, 0.25) is 10.0 Å². The molecule has 11 heteroatoms. The largest absolute Gasteiger partial charge is 0.417 e. The van der Waals surface area contributed by atoms with E-state index in [0.29, 0.717) is 41.8 Å². The number of hydrogen-bond acceptors (Lipinski definition) is 4. The Morgan fingerprint density at radius 2 is 1.91 bits per heavy atom. The fraction of sp³-hybridized carbons (Fsp3) is 0.333. The molecule has 32 heavy (non-hydrogen) atoms. The third-order valence-corrected chi connectivity index (χ3v) is 6.57. The topological polar surface area (TPSA) is 63.9 Å². The van der Waals surface area contributed by atoms with Gasteiger partial charge in [-0.15, -0.1) is 10.2 Å². The molecule has 1 fully saturated rings. The molecule has 2 aliphatic heterocycles. The molecule has 2 aliphatic rings. The second kappa shape index (κ2) is 7.74. The predicted molar refractivity (Wildman–Crippen MR) is 111 cm³/mol. The smallest absolute Gasteiger partial charge is 0.324 e. The summed E-state index contributed by atoms with van der Waals surface area (Å²) in [4.78, 5) is 19.4. The highest BCUT2D eigenvalue weighted by atomic mass is 35.5. The highest BCUT2D eigenvalue weighted by Gasteiger charge is 2.44. The Kier molecular flexibility index (Phi) is 5.13. The molecule has 2 bridgehead atoms. The number of nitrogens with zero attached hydrogens (tertiary/aromatic N) is 5. The standard InChI is InChI=1S/C21H16Cl2F3N5O/c22-11-7-8-15(27-9-11)18-28-29-19-16-6-1-3-12(10-30(18)19)31(16)20(32)13-4-2-5-14(17(13)23)21(24,25)26/h2,4-5,7-9,12,16H,1,3,6,10H2/t12-,16-/m0/s1. The molecule has 2 atom stereocenters. The molecule has 1 aromatic carbocycles. The van der Waals surface area contributed by atoms with Gasteiger partial charge in [-0.3, -0.25) is 9.78 Å². The molecule has 1 amide bonds. The van der Waals surface area contributed by atoms with Gasteiger partial charge in [0.1, 0.15) is 5.69 Å². The summed E-state index contributed by atoms with van der Waals surface area (Å²) in [6.45, 7) is 0.417. The van der Waals surface area contributed by atoms with Gasteiger partial charge in [-0.2, -0.15) is 13.2 Å². The number of alkyl halides is 3. The van der Waals surface area contributed by atoms with Crippen molar-refractivity contribution in [1.29, 1.82) is 0 Å². The van der Waals surface area contributed by atoms with Gasteiger partial charge >= 0.3 is 6.18 Å². The number of hydrogen-bond donors (Lipinski definition) is 0. The number of amides is 1. The molecule has 166 valence electrons. The van der Waals surface area contributed by atoms with Crippen LogP contribution in [0.3, 0.4) is 0 Å². The molecule has 0 spiro atoms. The van der Waals surface area contributed by atoms with E-state index >= 15 is 0 Å². The number of aromatic nitrogens is 4. The van der Waals surface area contributed by atoms with Crippen molar-refractivity contribution >= 4 is 29.1 Å². The molecule has 1 saturated heterocycles. The highest BCUT2D eigenvalue weighted by Crippen LogP contribution is 2.42. The number of benzene rings is 1. The van der Waals surface area contributed by atoms with E-state index in [1.165, 1.54) is 18.3 Å². The molecule has 3 aromatic rings. The monoisotopic (exact) mass is 481 g/mol. The van der Waals surface area contributed by atoms with Crippen molar-refractivity contribution in [3.63, 3.8) is 0 Å². The van der Waals surface area contributed by atoms with E-state index in [0.717, 1.165) is 12.5 Å². The van der Waals surface area contributed by atoms with Gasteiger partial charge < -0.3 is 9.47 Å². The molecule has 6 nitrogen and oxygen atoms in total. The number of rotatable bonds is 2.